The van der Waals surface area contributed by atoms with Crippen LogP contribution in [0, 0.1) is 23.0 Å². The fraction of sp³-hybridized carbons (Fsp3) is 0.364. The predicted molar refractivity (Wildman–Crippen MR) is 63.1 cm³/mol. The number of rotatable bonds is 5. The van der Waals surface area contributed by atoms with Crippen molar-refractivity contribution in [2.45, 2.75) is 13.8 Å². The highest BCUT2D eigenvalue weighted by Gasteiger charge is 2.13. The number of nitrogens with one attached hydrogen (secondary N) is 1. The Hall–Kier alpha value is -2.11. The zero-order chi connectivity index (χ0) is 13.0. The van der Waals surface area contributed by atoms with Gasteiger partial charge in [0.15, 0.2) is 0 Å². The first-order valence-electron chi connectivity index (χ1n) is 5.13. The van der Waals surface area contributed by atoms with Crippen LogP contribution in [0.15, 0.2) is 18.2 Å². The van der Waals surface area contributed by atoms with Crippen LogP contribution in [-0.4, -0.2) is 22.5 Å². The van der Waals surface area contributed by atoms with Crippen LogP contribution in [0.25, 0.3) is 0 Å². The van der Waals surface area contributed by atoms with Gasteiger partial charge in [-0.05, 0) is 13.0 Å². The number of benzene rings is 1. The van der Waals surface area contributed by atoms with Crippen LogP contribution in [0.3, 0.4) is 0 Å². The molecule has 1 aromatic carbocycles. The van der Waals surface area contributed by atoms with Gasteiger partial charge in [-0.3, -0.25) is 14.9 Å². The molecule has 0 bridgehead atoms. The lowest BCUT2D eigenvalue weighted by atomic mass is 10.1. The molecule has 0 heterocycles. The van der Waals surface area contributed by atoms with Crippen molar-refractivity contribution in [3.05, 3.63) is 33.9 Å². The van der Waals surface area contributed by atoms with Crippen LogP contribution < -0.4 is 5.32 Å². The van der Waals surface area contributed by atoms with Gasteiger partial charge in [0.25, 0.3) is 5.69 Å². The minimum atomic E-state index is -0.904. The average Bonchev–Trinajstić information content (AvgIpc) is 2.26. The van der Waals surface area contributed by atoms with Crippen LogP contribution in [0.1, 0.15) is 12.5 Å². The molecule has 0 aliphatic heterocycles. The molecule has 0 aliphatic rings. The van der Waals surface area contributed by atoms with Gasteiger partial charge >= 0.3 is 5.97 Å². The Bertz CT molecular complexity index is 445. The average molecular weight is 238 g/mol. The maximum Gasteiger partial charge on any atom is 0.308 e. The Labute approximate surface area is 98.4 Å². The normalized spacial score (nSPS) is 11.9. The van der Waals surface area contributed by atoms with E-state index in [1.54, 1.807) is 26.0 Å². The van der Waals surface area contributed by atoms with E-state index in [4.69, 9.17) is 5.11 Å². The summed E-state index contributed by atoms with van der Waals surface area (Å²) >= 11 is 0. The maximum atomic E-state index is 10.7. The molecule has 0 saturated heterocycles. The number of nitro groups is 1. The lowest BCUT2D eigenvalue weighted by Gasteiger charge is -2.09. The highest BCUT2D eigenvalue weighted by Crippen LogP contribution is 2.22. The van der Waals surface area contributed by atoms with Crippen molar-refractivity contribution in [1.82, 2.24) is 0 Å². The standard InChI is InChI=1S/C11H14N2O4/c1-7-3-4-9(5-10(7)13(16)17)12-6-8(2)11(14)15/h3-5,8,12H,6H2,1-2H3,(H,14,15). The number of hydrogen-bond acceptors (Lipinski definition) is 4. The van der Waals surface area contributed by atoms with Crippen LogP contribution >= 0.6 is 0 Å². The zero-order valence-electron chi connectivity index (χ0n) is 9.64. The van der Waals surface area contributed by atoms with Crippen LogP contribution in [0.4, 0.5) is 11.4 Å². The van der Waals surface area contributed by atoms with E-state index in [-0.39, 0.29) is 12.2 Å². The number of aliphatic carboxylic acids is 1. The van der Waals surface area contributed by atoms with E-state index in [9.17, 15) is 14.9 Å². The molecule has 1 atom stereocenters. The number of nitrogens with zero attached hydrogens (tertiary/aromatic N) is 1. The third-order valence-electron chi connectivity index (χ3n) is 2.44. The highest BCUT2D eigenvalue weighted by atomic mass is 16.6. The van der Waals surface area contributed by atoms with Gasteiger partial charge in [0.2, 0.25) is 0 Å². The van der Waals surface area contributed by atoms with E-state index < -0.39 is 16.8 Å². The van der Waals surface area contributed by atoms with Crippen LogP contribution in [-0.2, 0) is 4.79 Å². The minimum Gasteiger partial charge on any atom is -0.481 e. The van der Waals surface area contributed by atoms with E-state index >= 15 is 0 Å². The topological polar surface area (TPSA) is 92.5 Å². The van der Waals surface area contributed by atoms with Gasteiger partial charge < -0.3 is 10.4 Å². The summed E-state index contributed by atoms with van der Waals surface area (Å²) in [7, 11) is 0. The minimum absolute atomic E-state index is 0.0259. The molecule has 92 valence electrons. The van der Waals surface area contributed by atoms with Crippen molar-refractivity contribution in [3.63, 3.8) is 0 Å². The Morgan fingerprint density at radius 2 is 2.24 bits per heavy atom. The maximum absolute atomic E-state index is 10.7. The molecule has 1 aromatic rings. The first kappa shape index (κ1) is 13.0. The number of carbonyl (C=O) groups is 1. The molecule has 0 fully saturated rings. The molecule has 1 rings (SSSR count). The lowest BCUT2D eigenvalue weighted by Crippen LogP contribution is -2.19. The first-order chi connectivity index (χ1) is 7.91. The molecule has 0 radical (unpaired) electrons. The van der Waals surface area contributed by atoms with Crippen molar-refractivity contribution >= 4 is 17.3 Å². The molecule has 0 saturated carbocycles. The van der Waals surface area contributed by atoms with Gasteiger partial charge in [0.1, 0.15) is 0 Å². The van der Waals surface area contributed by atoms with Gasteiger partial charge in [-0.15, -0.1) is 0 Å². The van der Waals surface area contributed by atoms with Gasteiger partial charge in [-0.1, -0.05) is 13.0 Å². The smallest absolute Gasteiger partial charge is 0.308 e. The monoisotopic (exact) mass is 238 g/mol. The van der Waals surface area contributed by atoms with E-state index in [1.165, 1.54) is 6.07 Å². The van der Waals surface area contributed by atoms with E-state index in [1.807, 2.05) is 0 Å². The molecular formula is C11H14N2O4. The second-order valence-corrected chi connectivity index (χ2v) is 3.88. The van der Waals surface area contributed by atoms with Gasteiger partial charge in [0.05, 0.1) is 10.8 Å². The van der Waals surface area contributed by atoms with E-state index in [0.29, 0.717) is 11.3 Å². The molecule has 0 aromatic heterocycles. The Morgan fingerprint density at radius 1 is 1.59 bits per heavy atom. The van der Waals surface area contributed by atoms with Crippen molar-refractivity contribution in [3.8, 4) is 0 Å². The summed E-state index contributed by atoms with van der Waals surface area (Å²) in [5, 5.41) is 22.3. The SMILES string of the molecule is Cc1ccc(NCC(C)C(=O)O)cc1[N+](=O)[O-]. The fourth-order valence-corrected chi connectivity index (χ4v) is 1.27. The van der Waals surface area contributed by atoms with Gasteiger partial charge in [0, 0.05) is 23.9 Å². The van der Waals surface area contributed by atoms with E-state index in [0.717, 1.165) is 0 Å². The molecule has 0 aliphatic carbocycles. The third-order valence-corrected chi connectivity index (χ3v) is 2.44. The number of hydrogen-bond donors (Lipinski definition) is 2. The molecular weight excluding hydrogens is 224 g/mol. The third kappa shape index (κ3) is 3.44. The van der Waals surface area contributed by atoms with Crippen molar-refractivity contribution < 1.29 is 14.8 Å². The summed E-state index contributed by atoms with van der Waals surface area (Å²) in [4.78, 5) is 20.8. The molecule has 17 heavy (non-hydrogen) atoms. The molecule has 0 spiro atoms. The Morgan fingerprint density at radius 3 is 2.76 bits per heavy atom. The molecule has 1 unspecified atom stereocenters. The van der Waals surface area contributed by atoms with Gasteiger partial charge in [-0.2, -0.15) is 0 Å². The number of anilines is 1. The van der Waals surface area contributed by atoms with Crippen LogP contribution in [0.5, 0.6) is 0 Å². The Balaban J connectivity index is 2.76. The summed E-state index contributed by atoms with van der Waals surface area (Å²) in [5.74, 6) is -1.45. The zero-order valence-corrected chi connectivity index (χ0v) is 9.64. The summed E-state index contributed by atoms with van der Waals surface area (Å²) in [6.45, 7) is 3.45. The van der Waals surface area contributed by atoms with Gasteiger partial charge in [-0.25, -0.2) is 0 Å². The summed E-state index contributed by atoms with van der Waals surface area (Å²) in [6, 6.07) is 4.73. The summed E-state index contributed by atoms with van der Waals surface area (Å²) < 4.78 is 0. The van der Waals surface area contributed by atoms with E-state index in [2.05, 4.69) is 5.32 Å². The van der Waals surface area contributed by atoms with Crippen molar-refractivity contribution in [2.75, 3.05) is 11.9 Å². The molecule has 2 N–H and O–H groups in total. The summed E-state index contributed by atoms with van der Waals surface area (Å²) in [6.07, 6.45) is 0. The highest BCUT2D eigenvalue weighted by molar-refractivity contribution is 5.70. The number of carboxylic acids is 1. The number of aryl methyl sites for hydroxylation is 1. The molecule has 6 heteroatoms. The molecule has 6 nitrogen and oxygen atoms in total. The quantitative estimate of drug-likeness (QED) is 0.604. The first-order valence-corrected chi connectivity index (χ1v) is 5.13. The van der Waals surface area contributed by atoms with Crippen molar-refractivity contribution in [1.29, 1.82) is 0 Å². The second-order valence-electron chi connectivity index (χ2n) is 3.88. The lowest BCUT2D eigenvalue weighted by molar-refractivity contribution is -0.385. The predicted octanol–water partition coefficient (Wildman–Crippen LogP) is 2.04. The number of carboxylic acid groups (broad SMARTS) is 1. The van der Waals surface area contributed by atoms with Crippen LogP contribution in [0.2, 0.25) is 0 Å². The summed E-state index contributed by atoms with van der Waals surface area (Å²) in [5.41, 5.74) is 1.15. The second kappa shape index (κ2) is 5.29. The largest absolute Gasteiger partial charge is 0.481 e. The fourth-order valence-electron chi connectivity index (χ4n) is 1.27. The van der Waals surface area contributed by atoms with Crippen molar-refractivity contribution in [2.24, 2.45) is 5.92 Å². The molecule has 0 amide bonds. The Kier molecular flexibility index (Phi) is 4.03. The number of nitro benzene ring substituents is 1.